The number of primary amides is 1. The van der Waals surface area contributed by atoms with E-state index in [1.807, 2.05) is 13.8 Å². The number of benzene rings is 1. The Bertz CT molecular complexity index is 1060. The maximum atomic E-state index is 12.2. The van der Waals surface area contributed by atoms with Crippen molar-refractivity contribution < 1.29 is 24.2 Å². The van der Waals surface area contributed by atoms with Gasteiger partial charge in [-0.15, -0.1) is 0 Å². The summed E-state index contributed by atoms with van der Waals surface area (Å²) in [6.45, 7) is 6.19. The highest BCUT2D eigenvalue weighted by molar-refractivity contribution is 5.96. The number of likely N-dealkylation sites (N-methyl/N-ethyl adjacent to an activating group) is 1. The number of fused-ring (bicyclic) bond motifs is 3. The molecule has 7 rings (SSSR count). The number of methoxy groups -OCH3 is 1. The second-order valence-electron chi connectivity index (χ2n) is 13.3. The van der Waals surface area contributed by atoms with E-state index >= 15 is 0 Å². The van der Waals surface area contributed by atoms with Crippen molar-refractivity contribution in [2.24, 2.45) is 23.0 Å². The maximum Gasteiger partial charge on any atom is 0.252 e. The number of nitrogens with two attached hydrogens (primary N) is 1. The first kappa shape index (κ1) is 22.8. The van der Waals surface area contributed by atoms with Crippen LogP contribution in [0.3, 0.4) is 0 Å². The summed E-state index contributed by atoms with van der Waals surface area (Å²) in [6.07, 6.45) is 8.22. The van der Waals surface area contributed by atoms with E-state index in [-0.39, 0.29) is 28.1 Å². The number of likely N-dealkylation sites (tertiary alicyclic amines) is 1. The molecule has 4 N–H and O–H groups in total. The van der Waals surface area contributed by atoms with Crippen LogP contribution in [-0.2, 0) is 16.6 Å². The number of hydrogen-bond acceptors (Lipinski definition) is 4. The topological polar surface area (TPSA) is 92.8 Å². The van der Waals surface area contributed by atoms with Crippen LogP contribution in [0.15, 0.2) is 12.1 Å². The van der Waals surface area contributed by atoms with Crippen LogP contribution >= 0.6 is 0 Å². The van der Waals surface area contributed by atoms with E-state index in [9.17, 15) is 15.0 Å². The Hall–Kier alpha value is -1.63. The van der Waals surface area contributed by atoms with Crippen molar-refractivity contribution in [1.29, 1.82) is 0 Å². The number of phenols is 1. The number of quaternary nitrogens is 1. The van der Waals surface area contributed by atoms with Gasteiger partial charge in [-0.05, 0) is 64.0 Å². The van der Waals surface area contributed by atoms with E-state index in [1.54, 1.807) is 13.2 Å². The first-order valence-electron chi connectivity index (χ1n) is 13.2. The van der Waals surface area contributed by atoms with Gasteiger partial charge in [0.15, 0.2) is 0 Å². The zero-order valence-electron chi connectivity index (χ0n) is 21.2. The number of carbonyl (C=O) groups excluding carboxylic acids is 1. The van der Waals surface area contributed by atoms with Crippen molar-refractivity contribution in [3.63, 3.8) is 0 Å². The number of ether oxygens (including phenoxy) is 1. The molecule has 186 valence electrons. The van der Waals surface area contributed by atoms with Crippen molar-refractivity contribution in [3.8, 4) is 5.75 Å². The number of rotatable bonds is 5. The predicted molar refractivity (Wildman–Crippen MR) is 129 cm³/mol. The van der Waals surface area contributed by atoms with Gasteiger partial charge in [-0.25, -0.2) is 0 Å². The predicted octanol–water partition coefficient (Wildman–Crippen LogP) is 3.26. The molecule has 1 saturated heterocycles. The van der Waals surface area contributed by atoms with Crippen LogP contribution in [0.4, 0.5) is 0 Å². The van der Waals surface area contributed by atoms with Crippen molar-refractivity contribution >= 4 is 5.91 Å². The highest BCUT2D eigenvalue weighted by Gasteiger charge is 2.77. The normalized spacial score (nSPS) is 42.7. The molecule has 1 amide bonds. The van der Waals surface area contributed by atoms with Crippen LogP contribution < -0.4 is 5.73 Å². The Morgan fingerprint density at radius 1 is 1.26 bits per heavy atom. The minimum absolute atomic E-state index is 0.0323. The molecular formula is C28H41N2O4+. The molecule has 34 heavy (non-hydrogen) atoms. The third-order valence-corrected chi connectivity index (χ3v) is 11.2. The van der Waals surface area contributed by atoms with Crippen LogP contribution in [0.5, 0.6) is 5.75 Å². The molecule has 5 aliphatic carbocycles. The van der Waals surface area contributed by atoms with Gasteiger partial charge in [-0.3, -0.25) is 4.79 Å². The minimum Gasteiger partial charge on any atom is -0.507 e. The van der Waals surface area contributed by atoms with E-state index in [4.69, 9.17) is 10.5 Å². The van der Waals surface area contributed by atoms with Gasteiger partial charge >= 0.3 is 0 Å². The highest BCUT2D eigenvalue weighted by Crippen LogP contribution is 2.75. The molecule has 1 aliphatic heterocycles. The Kier molecular flexibility index (Phi) is 4.54. The summed E-state index contributed by atoms with van der Waals surface area (Å²) >= 11 is 0. The summed E-state index contributed by atoms with van der Waals surface area (Å²) in [5, 5.41) is 22.9. The zero-order valence-corrected chi connectivity index (χ0v) is 21.2. The highest BCUT2D eigenvalue weighted by atomic mass is 16.5. The standard InChI is InChI=1S/C28H40N2O4/c1-25(2,33)20-14-26-9-10-28(20,34-4)16-27(26)11-12-30(3,15-17-5-6-17)21(26)13-18-7-8-19(24(29)32)23(31)22(18)27/h7-8,17,20-21,33H,5-6,9-16H2,1-4H3,(H2-,29,31,32)/p+1/t20?,21?,26?,27?,28?,30-/m0/s1. The average Bonchev–Trinajstić information content (AvgIpc) is 3.58. The van der Waals surface area contributed by atoms with Crippen LogP contribution in [-0.4, -0.2) is 65.1 Å². The number of piperidine rings is 1. The maximum absolute atomic E-state index is 12.2. The number of nitrogens with zero attached hydrogens (tertiary/aromatic N) is 1. The Morgan fingerprint density at radius 2 is 2.00 bits per heavy atom. The van der Waals surface area contributed by atoms with E-state index in [0.717, 1.165) is 61.0 Å². The summed E-state index contributed by atoms with van der Waals surface area (Å²) in [5.74, 6) is 0.385. The first-order chi connectivity index (χ1) is 15.9. The molecule has 0 radical (unpaired) electrons. The van der Waals surface area contributed by atoms with Gasteiger partial charge in [0.2, 0.25) is 0 Å². The molecule has 6 aliphatic rings. The molecule has 1 heterocycles. The monoisotopic (exact) mass is 469 g/mol. The van der Waals surface area contributed by atoms with Crippen LogP contribution in [0.1, 0.15) is 80.3 Å². The summed E-state index contributed by atoms with van der Waals surface area (Å²) < 4.78 is 7.44. The van der Waals surface area contributed by atoms with Gasteiger partial charge in [0.1, 0.15) is 5.75 Å². The smallest absolute Gasteiger partial charge is 0.252 e. The molecule has 1 spiro atoms. The third-order valence-electron chi connectivity index (χ3n) is 11.2. The van der Waals surface area contributed by atoms with E-state index in [0.29, 0.717) is 6.04 Å². The van der Waals surface area contributed by atoms with Crippen molar-refractivity contribution in [2.45, 2.75) is 87.9 Å². The van der Waals surface area contributed by atoms with E-state index in [2.05, 4.69) is 13.1 Å². The quantitative estimate of drug-likeness (QED) is 0.577. The van der Waals surface area contributed by atoms with Gasteiger partial charge in [0.25, 0.3) is 5.91 Å². The molecule has 1 aromatic carbocycles. The third kappa shape index (κ3) is 2.71. The molecule has 6 atom stereocenters. The Morgan fingerprint density at radius 3 is 2.62 bits per heavy atom. The van der Waals surface area contributed by atoms with Crippen LogP contribution in [0.25, 0.3) is 0 Å². The molecule has 4 saturated carbocycles. The Balaban J connectivity index is 1.60. The first-order valence-corrected chi connectivity index (χ1v) is 13.2. The van der Waals surface area contributed by atoms with Crippen LogP contribution in [0.2, 0.25) is 0 Å². The minimum atomic E-state index is -0.851. The fourth-order valence-electron chi connectivity index (χ4n) is 9.69. The lowest BCUT2D eigenvalue weighted by atomic mass is 9.34. The molecular weight excluding hydrogens is 428 g/mol. The molecule has 5 unspecified atom stereocenters. The van der Waals surface area contributed by atoms with E-state index < -0.39 is 17.1 Å². The number of hydrogen-bond donors (Lipinski definition) is 3. The molecule has 1 aromatic rings. The van der Waals surface area contributed by atoms with Gasteiger partial charge in [-0.2, -0.15) is 0 Å². The largest absolute Gasteiger partial charge is 0.507 e. The number of carbonyl (C=O) groups is 1. The summed E-state index contributed by atoms with van der Waals surface area (Å²) in [5.41, 5.74) is 6.47. The van der Waals surface area contributed by atoms with Crippen LogP contribution in [0, 0.1) is 17.3 Å². The van der Waals surface area contributed by atoms with Gasteiger partial charge in [-0.1, -0.05) is 6.07 Å². The Labute approximate surface area is 203 Å². The lowest BCUT2D eigenvalue weighted by Gasteiger charge is -2.75. The van der Waals surface area contributed by atoms with Gasteiger partial charge in [0.05, 0.1) is 42.9 Å². The molecule has 6 heteroatoms. The van der Waals surface area contributed by atoms with Crippen molar-refractivity contribution in [3.05, 3.63) is 28.8 Å². The van der Waals surface area contributed by atoms with Gasteiger partial charge < -0.3 is 25.2 Å². The SMILES string of the molecule is COC12CCC3(CC1C(C)(C)O)C1Cc4ccc(C(N)=O)c(O)c4C3(CC[N@@+]1(C)CC1CC1)C2. The molecule has 6 nitrogen and oxygen atoms in total. The summed E-state index contributed by atoms with van der Waals surface area (Å²) in [4.78, 5) is 12.2. The molecule has 5 fully saturated rings. The number of amides is 1. The van der Waals surface area contributed by atoms with E-state index in [1.165, 1.54) is 24.9 Å². The molecule has 4 bridgehead atoms. The second-order valence-corrected chi connectivity index (χ2v) is 13.3. The average molecular weight is 470 g/mol. The summed E-state index contributed by atoms with van der Waals surface area (Å²) in [6, 6.07) is 4.21. The van der Waals surface area contributed by atoms with Gasteiger partial charge in [0, 0.05) is 48.2 Å². The molecule has 0 aromatic heterocycles. The van der Waals surface area contributed by atoms with Crippen molar-refractivity contribution in [1.82, 2.24) is 0 Å². The summed E-state index contributed by atoms with van der Waals surface area (Å²) in [7, 11) is 4.26. The fraction of sp³-hybridized carbons (Fsp3) is 0.750. The lowest BCUT2D eigenvalue weighted by molar-refractivity contribution is -0.952. The number of aromatic hydroxyl groups is 1. The second kappa shape index (κ2) is 6.77. The lowest BCUT2D eigenvalue weighted by Crippen LogP contribution is -2.80. The van der Waals surface area contributed by atoms with Crippen molar-refractivity contribution in [2.75, 3.05) is 27.2 Å². The fourth-order valence-corrected chi connectivity index (χ4v) is 9.69. The number of aliphatic hydroxyl groups is 1. The zero-order chi connectivity index (χ0) is 24.3.